The van der Waals surface area contributed by atoms with Crippen LogP contribution >= 0.6 is 11.8 Å². The molecule has 0 aliphatic carbocycles. The van der Waals surface area contributed by atoms with Crippen LogP contribution in [-0.2, 0) is 19.2 Å². The number of aliphatic hydroxyl groups excluding tert-OH is 1. The number of aliphatic carboxylic acids is 2. The summed E-state index contributed by atoms with van der Waals surface area (Å²) < 4.78 is 0. The van der Waals surface area contributed by atoms with Crippen LogP contribution in [0.3, 0.4) is 0 Å². The third kappa shape index (κ3) is 3.94. The Morgan fingerprint density at radius 2 is 2.04 bits per heavy atom. The van der Waals surface area contributed by atoms with E-state index in [4.69, 9.17) is 10.8 Å². The summed E-state index contributed by atoms with van der Waals surface area (Å²) in [5, 5.41) is 29.8. The fourth-order valence-electron chi connectivity index (χ4n) is 2.99. The number of hydrogen-bond donors (Lipinski definition) is 5. The molecule has 0 radical (unpaired) electrons. The number of amides is 2. The third-order valence-electron chi connectivity index (χ3n) is 3.99. The number of nitrogens with one attached hydrogen (secondary N) is 1. The first-order valence-corrected chi connectivity index (χ1v) is 8.49. The highest BCUT2D eigenvalue weighted by atomic mass is 32.2. The molecule has 11 heteroatoms. The van der Waals surface area contributed by atoms with Gasteiger partial charge in [-0.1, -0.05) is 0 Å². The molecule has 25 heavy (non-hydrogen) atoms. The van der Waals surface area contributed by atoms with E-state index in [0.717, 1.165) is 11.8 Å². The van der Waals surface area contributed by atoms with Gasteiger partial charge in [0.05, 0.1) is 24.2 Å². The van der Waals surface area contributed by atoms with Gasteiger partial charge in [-0.3, -0.25) is 14.4 Å². The number of carbonyl (C=O) groups is 4. The van der Waals surface area contributed by atoms with Crippen LogP contribution in [-0.4, -0.2) is 68.0 Å². The molecule has 2 aliphatic heterocycles. The highest BCUT2D eigenvalue weighted by molar-refractivity contribution is 8.03. The second-order valence-corrected chi connectivity index (χ2v) is 6.99. The van der Waals surface area contributed by atoms with Gasteiger partial charge in [0, 0.05) is 17.1 Å². The van der Waals surface area contributed by atoms with Gasteiger partial charge in [0.1, 0.15) is 12.1 Å². The van der Waals surface area contributed by atoms with Crippen molar-refractivity contribution in [1.29, 1.82) is 0 Å². The van der Waals surface area contributed by atoms with E-state index in [1.165, 1.54) is 11.8 Å². The molecule has 1 unspecified atom stereocenters. The second-order valence-electron chi connectivity index (χ2n) is 5.88. The van der Waals surface area contributed by atoms with E-state index in [1.807, 2.05) is 0 Å². The van der Waals surface area contributed by atoms with Crippen molar-refractivity contribution in [2.45, 2.75) is 38.1 Å². The monoisotopic (exact) mass is 373 g/mol. The topological polar surface area (TPSA) is 170 Å². The molecule has 138 valence electrons. The molecular formula is C14H19N3O7S. The highest BCUT2D eigenvalue weighted by Gasteiger charge is 2.56. The van der Waals surface area contributed by atoms with Gasteiger partial charge in [-0.2, -0.15) is 0 Å². The summed E-state index contributed by atoms with van der Waals surface area (Å²) in [6, 6.07) is -0.390. The van der Waals surface area contributed by atoms with Crippen molar-refractivity contribution in [1.82, 2.24) is 10.2 Å². The largest absolute Gasteiger partial charge is 0.481 e. The lowest BCUT2D eigenvalue weighted by molar-refractivity contribution is -0.161. The van der Waals surface area contributed by atoms with Gasteiger partial charge < -0.3 is 31.3 Å². The Bertz CT molecular complexity index is 648. The minimum atomic E-state index is -1.28. The number of rotatable bonds is 8. The molecule has 0 aromatic rings. The average Bonchev–Trinajstić information content (AvgIpc) is 2.78. The smallest absolute Gasteiger partial charge is 0.353 e. The summed E-state index contributed by atoms with van der Waals surface area (Å²) in [6.45, 7) is 1.49. The van der Waals surface area contributed by atoms with Crippen LogP contribution in [0.15, 0.2) is 10.6 Å². The number of hydrogen-bond acceptors (Lipinski definition) is 7. The van der Waals surface area contributed by atoms with Gasteiger partial charge in [0.15, 0.2) is 0 Å². The molecule has 6 N–H and O–H groups in total. The lowest BCUT2D eigenvalue weighted by atomic mass is 9.83. The first kappa shape index (κ1) is 19.2. The Kier molecular flexibility index (Phi) is 5.70. The number of thioether (sulfide) groups is 1. The maximum atomic E-state index is 12.1. The van der Waals surface area contributed by atoms with E-state index in [9.17, 15) is 29.4 Å². The van der Waals surface area contributed by atoms with Gasteiger partial charge in [0.2, 0.25) is 11.8 Å². The van der Waals surface area contributed by atoms with Crippen LogP contribution in [0.25, 0.3) is 0 Å². The number of carboxylic acids is 2. The van der Waals surface area contributed by atoms with E-state index in [2.05, 4.69) is 5.32 Å². The number of aliphatic hydroxyl groups is 1. The number of nitrogens with zero attached hydrogens (tertiary/aromatic N) is 1. The van der Waals surface area contributed by atoms with E-state index in [-0.39, 0.29) is 17.5 Å². The maximum Gasteiger partial charge on any atom is 0.353 e. The number of fused-ring (bicyclic) bond motifs is 1. The molecule has 0 saturated carbocycles. The van der Waals surface area contributed by atoms with E-state index < -0.39 is 48.4 Å². The van der Waals surface area contributed by atoms with Gasteiger partial charge in [-0.15, -0.1) is 11.8 Å². The van der Waals surface area contributed by atoms with Gasteiger partial charge in [-0.25, -0.2) is 4.79 Å². The summed E-state index contributed by atoms with van der Waals surface area (Å²) in [5.41, 5.74) is 5.58. The van der Waals surface area contributed by atoms with Gasteiger partial charge in [-0.05, 0) is 6.92 Å². The Hall–Kier alpha value is -2.11. The predicted molar refractivity (Wildman–Crippen MR) is 85.9 cm³/mol. The summed E-state index contributed by atoms with van der Waals surface area (Å²) in [7, 11) is 0. The van der Waals surface area contributed by atoms with Crippen molar-refractivity contribution in [3.05, 3.63) is 10.6 Å². The zero-order chi connectivity index (χ0) is 18.9. The molecule has 0 spiro atoms. The number of carboxylic acid groups (broad SMARTS) is 2. The van der Waals surface area contributed by atoms with Crippen LogP contribution in [0.2, 0.25) is 0 Å². The Morgan fingerprint density at radius 1 is 1.40 bits per heavy atom. The van der Waals surface area contributed by atoms with Crippen LogP contribution in [0, 0.1) is 5.92 Å². The Labute approximate surface area is 147 Å². The first-order valence-electron chi connectivity index (χ1n) is 7.50. The van der Waals surface area contributed by atoms with Crippen LogP contribution in [0.5, 0.6) is 0 Å². The molecule has 0 bridgehead atoms. The fraction of sp³-hybridized carbons (Fsp3) is 0.571. The third-order valence-corrected chi connectivity index (χ3v) is 5.22. The van der Waals surface area contributed by atoms with Gasteiger partial charge in [0.25, 0.3) is 0 Å². The molecule has 10 nitrogen and oxygen atoms in total. The minimum Gasteiger partial charge on any atom is -0.481 e. The van der Waals surface area contributed by atoms with Crippen molar-refractivity contribution >= 4 is 35.5 Å². The normalized spacial score (nSPS) is 24.4. The second kappa shape index (κ2) is 7.42. The molecule has 0 aromatic carbocycles. The molecule has 1 fully saturated rings. The lowest BCUT2D eigenvalue weighted by Gasteiger charge is -2.44. The Morgan fingerprint density at radius 3 is 2.56 bits per heavy atom. The zero-order valence-electron chi connectivity index (χ0n) is 13.3. The van der Waals surface area contributed by atoms with Crippen LogP contribution in [0.4, 0.5) is 0 Å². The van der Waals surface area contributed by atoms with Crippen molar-refractivity contribution in [3.63, 3.8) is 0 Å². The molecule has 1 saturated heterocycles. The van der Waals surface area contributed by atoms with E-state index in [0.29, 0.717) is 11.3 Å². The average molecular weight is 373 g/mol. The van der Waals surface area contributed by atoms with E-state index in [1.54, 1.807) is 0 Å². The summed E-state index contributed by atoms with van der Waals surface area (Å²) in [6.07, 6.45) is -2.15. The Balaban J connectivity index is 1.99. The maximum absolute atomic E-state index is 12.1. The van der Waals surface area contributed by atoms with Gasteiger partial charge >= 0.3 is 11.9 Å². The zero-order valence-corrected chi connectivity index (χ0v) is 14.2. The van der Waals surface area contributed by atoms with E-state index >= 15 is 0 Å². The quantitative estimate of drug-likeness (QED) is 0.193. The number of nitrogens with two attached hydrogens (primary N) is 1. The van der Waals surface area contributed by atoms with Crippen LogP contribution in [0.1, 0.15) is 19.8 Å². The molecular weight excluding hydrogens is 354 g/mol. The minimum absolute atomic E-state index is 0.117. The molecule has 2 aliphatic rings. The molecule has 2 amide bonds. The number of β-lactam (4-membered cyclic amide) rings is 1. The molecule has 2 heterocycles. The first-order chi connectivity index (χ1) is 11.6. The molecule has 4 atom stereocenters. The SMILES string of the molecule is CC(O)[C@H]1C(=O)N2C(C(=O)O)=C(SC[C@@H](N)NC(=O)CC(=O)O)C[C@H]12. The highest BCUT2D eigenvalue weighted by Crippen LogP contribution is 2.46. The van der Waals surface area contributed by atoms with Crippen molar-refractivity contribution in [2.75, 3.05) is 5.75 Å². The fourth-order valence-corrected chi connectivity index (χ4v) is 4.06. The summed E-state index contributed by atoms with van der Waals surface area (Å²) >= 11 is 1.09. The molecule has 0 aromatic heterocycles. The van der Waals surface area contributed by atoms with Crippen molar-refractivity contribution in [2.24, 2.45) is 11.7 Å². The van der Waals surface area contributed by atoms with Crippen LogP contribution < -0.4 is 11.1 Å². The summed E-state index contributed by atoms with van der Waals surface area (Å²) in [4.78, 5) is 46.9. The number of carbonyl (C=O) groups excluding carboxylic acids is 2. The van der Waals surface area contributed by atoms with Crippen molar-refractivity contribution < 1.29 is 34.5 Å². The summed E-state index contributed by atoms with van der Waals surface area (Å²) in [5.74, 6) is -4.20. The lowest BCUT2D eigenvalue weighted by Crippen LogP contribution is -2.61. The molecule has 2 rings (SSSR count). The van der Waals surface area contributed by atoms with Crippen molar-refractivity contribution in [3.8, 4) is 0 Å². The predicted octanol–water partition coefficient (Wildman–Crippen LogP) is -1.50. The standard InChI is InChI=1S/C14H19N3O7S/c1-5(18)11-6-2-7(12(14(23)24)17(6)13(11)22)25-4-8(15)16-9(19)3-10(20)21/h5-6,8,11,18H,2-4,15H2,1H3,(H,16,19)(H,20,21)(H,23,24)/t5?,6-,8+,11-/m1/s1.